The van der Waals surface area contributed by atoms with Crippen LogP contribution in [0.2, 0.25) is 0 Å². The monoisotopic (exact) mass is 768 g/mol. The van der Waals surface area contributed by atoms with Crippen LogP contribution in [-0.4, -0.2) is 110 Å². The molecular formula is C40H52N10O6. The zero-order valence-corrected chi connectivity index (χ0v) is 32.7. The summed E-state index contributed by atoms with van der Waals surface area (Å²) in [6.45, 7) is 3.72. The van der Waals surface area contributed by atoms with E-state index in [-0.39, 0.29) is 39.9 Å². The molecule has 16 nitrogen and oxygen atoms in total. The molecule has 4 rings (SSSR count). The van der Waals surface area contributed by atoms with E-state index in [0.717, 1.165) is 56.5 Å². The third-order valence-electron chi connectivity index (χ3n) is 8.69. The van der Waals surface area contributed by atoms with Crippen molar-refractivity contribution in [3.63, 3.8) is 0 Å². The number of fused-ring (bicyclic) bond motifs is 1. The highest BCUT2D eigenvalue weighted by Crippen LogP contribution is 2.21. The second kappa shape index (κ2) is 21.2. The van der Waals surface area contributed by atoms with Gasteiger partial charge in [0.05, 0.1) is 22.4 Å². The van der Waals surface area contributed by atoms with Crippen molar-refractivity contribution in [2.24, 2.45) is 10.2 Å². The van der Waals surface area contributed by atoms with E-state index in [1.807, 2.05) is 28.2 Å². The SMILES string of the molecule is CC(=O)N(C(=O)CN=Nc1ccc(C(=O)Nc2cc(C(=O)NCCCCCN(C)C)cc(C(=O)NCCCCCN(C)C)c2)cc1)c1ccc2[nH]c(=O)[nH]c2c1. The molecule has 298 valence electrons. The van der Waals surface area contributed by atoms with Crippen LogP contribution in [0.1, 0.15) is 76.5 Å². The Morgan fingerprint density at radius 1 is 0.643 bits per heavy atom. The van der Waals surface area contributed by atoms with Gasteiger partial charge in [-0.3, -0.25) is 24.0 Å². The lowest BCUT2D eigenvalue weighted by Crippen LogP contribution is -2.36. The maximum Gasteiger partial charge on any atom is 0.323 e. The first-order chi connectivity index (χ1) is 26.8. The number of nitrogens with one attached hydrogen (secondary N) is 5. The van der Waals surface area contributed by atoms with Crippen molar-refractivity contribution in [2.75, 3.05) is 71.1 Å². The molecule has 1 heterocycles. The third kappa shape index (κ3) is 13.4. The maximum atomic E-state index is 13.3. The molecule has 0 radical (unpaired) electrons. The Kier molecular flexibility index (Phi) is 16.2. The summed E-state index contributed by atoms with van der Waals surface area (Å²) in [5.74, 6) is -2.33. The first kappa shape index (κ1) is 42.7. The predicted molar refractivity (Wildman–Crippen MR) is 217 cm³/mol. The Labute approximate surface area is 326 Å². The second-order valence-corrected chi connectivity index (χ2v) is 14.0. The van der Waals surface area contributed by atoms with Crippen LogP contribution in [0.5, 0.6) is 0 Å². The van der Waals surface area contributed by atoms with Gasteiger partial charge in [-0.1, -0.05) is 12.8 Å². The highest BCUT2D eigenvalue weighted by atomic mass is 16.2. The molecule has 0 saturated heterocycles. The van der Waals surface area contributed by atoms with Crippen molar-refractivity contribution in [3.8, 4) is 0 Å². The number of imidazole rings is 1. The van der Waals surface area contributed by atoms with Gasteiger partial charge in [0.15, 0.2) is 0 Å². The Balaban J connectivity index is 1.39. The molecular weight excluding hydrogens is 717 g/mol. The number of hydrogen-bond donors (Lipinski definition) is 5. The molecule has 0 saturated carbocycles. The van der Waals surface area contributed by atoms with Crippen LogP contribution < -0.4 is 26.5 Å². The molecule has 4 aromatic rings. The number of aromatic amines is 2. The van der Waals surface area contributed by atoms with Gasteiger partial charge in [0, 0.05) is 42.4 Å². The van der Waals surface area contributed by atoms with Gasteiger partial charge in [0.2, 0.25) is 5.91 Å². The van der Waals surface area contributed by atoms with E-state index >= 15 is 0 Å². The normalized spacial score (nSPS) is 11.3. The van der Waals surface area contributed by atoms with E-state index in [4.69, 9.17) is 0 Å². The molecule has 16 heteroatoms. The van der Waals surface area contributed by atoms with Gasteiger partial charge in [-0.25, -0.2) is 9.69 Å². The van der Waals surface area contributed by atoms with Crippen LogP contribution >= 0.6 is 0 Å². The molecule has 1 aromatic heterocycles. The third-order valence-corrected chi connectivity index (χ3v) is 8.69. The summed E-state index contributed by atoms with van der Waals surface area (Å²) >= 11 is 0. The van der Waals surface area contributed by atoms with E-state index in [1.165, 1.54) is 49.4 Å². The molecule has 56 heavy (non-hydrogen) atoms. The molecule has 0 bridgehead atoms. The minimum atomic E-state index is -0.626. The quantitative estimate of drug-likeness (QED) is 0.0629. The topological polar surface area (TPSA) is 205 Å². The first-order valence-electron chi connectivity index (χ1n) is 18.7. The minimum absolute atomic E-state index is 0.251. The van der Waals surface area contributed by atoms with Crippen LogP contribution in [0.3, 0.4) is 0 Å². The fourth-order valence-corrected chi connectivity index (χ4v) is 5.82. The van der Waals surface area contributed by atoms with E-state index in [1.54, 1.807) is 18.2 Å². The van der Waals surface area contributed by atoms with Crippen molar-refractivity contribution in [2.45, 2.75) is 45.4 Å². The summed E-state index contributed by atoms with van der Waals surface area (Å²) in [7, 11) is 8.09. The molecule has 0 unspecified atom stereocenters. The summed E-state index contributed by atoms with van der Waals surface area (Å²) < 4.78 is 0. The Morgan fingerprint density at radius 3 is 1.77 bits per heavy atom. The Bertz CT molecular complexity index is 2020. The lowest BCUT2D eigenvalue weighted by Gasteiger charge is -2.18. The number of benzene rings is 3. The van der Waals surface area contributed by atoms with Gasteiger partial charge in [-0.05, 0) is 128 Å². The van der Waals surface area contributed by atoms with Gasteiger partial charge in [0.25, 0.3) is 23.6 Å². The molecule has 0 spiro atoms. The first-order valence-corrected chi connectivity index (χ1v) is 18.7. The summed E-state index contributed by atoms with van der Waals surface area (Å²) in [6, 6.07) is 15.4. The van der Waals surface area contributed by atoms with E-state index in [2.05, 4.69) is 45.9 Å². The number of amides is 5. The number of azo groups is 1. The van der Waals surface area contributed by atoms with Gasteiger partial charge in [-0.2, -0.15) is 10.2 Å². The van der Waals surface area contributed by atoms with Crippen molar-refractivity contribution in [3.05, 3.63) is 87.8 Å². The number of unbranched alkanes of at least 4 members (excludes halogenated alkanes) is 4. The van der Waals surface area contributed by atoms with Crippen molar-refractivity contribution >= 4 is 57.6 Å². The summed E-state index contributed by atoms with van der Waals surface area (Å²) in [5, 5.41) is 16.7. The summed E-state index contributed by atoms with van der Waals surface area (Å²) in [5.41, 5.74) is 2.25. The van der Waals surface area contributed by atoms with Gasteiger partial charge in [0.1, 0.15) is 6.54 Å². The minimum Gasteiger partial charge on any atom is -0.352 e. The number of carbonyl (C=O) groups is 5. The number of H-pyrrole nitrogens is 2. The van der Waals surface area contributed by atoms with Crippen LogP contribution in [0.15, 0.2) is 75.7 Å². The van der Waals surface area contributed by atoms with E-state index < -0.39 is 30.0 Å². The van der Waals surface area contributed by atoms with E-state index in [9.17, 15) is 28.8 Å². The second-order valence-electron chi connectivity index (χ2n) is 14.0. The summed E-state index contributed by atoms with van der Waals surface area (Å²) in [4.78, 5) is 87.0. The number of imide groups is 1. The number of nitrogens with zero attached hydrogens (tertiary/aromatic N) is 5. The zero-order chi connectivity index (χ0) is 40.6. The average molecular weight is 769 g/mol. The Morgan fingerprint density at radius 2 is 1.21 bits per heavy atom. The maximum absolute atomic E-state index is 13.3. The highest BCUT2D eigenvalue weighted by Gasteiger charge is 2.21. The predicted octanol–water partition coefficient (Wildman–Crippen LogP) is 4.70. The number of anilines is 2. The molecule has 3 aromatic carbocycles. The van der Waals surface area contributed by atoms with Crippen LogP contribution in [-0.2, 0) is 9.59 Å². The average Bonchev–Trinajstić information content (AvgIpc) is 3.53. The molecule has 0 aliphatic carbocycles. The lowest BCUT2D eigenvalue weighted by molar-refractivity contribution is -0.124. The molecule has 5 amide bonds. The van der Waals surface area contributed by atoms with Crippen LogP contribution in [0.4, 0.5) is 17.1 Å². The van der Waals surface area contributed by atoms with Crippen molar-refractivity contribution in [1.82, 2.24) is 30.4 Å². The molecule has 0 fully saturated rings. The van der Waals surface area contributed by atoms with Gasteiger partial charge < -0.3 is 35.7 Å². The van der Waals surface area contributed by atoms with Crippen molar-refractivity contribution in [1.29, 1.82) is 0 Å². The summed E-state index contributed by atoms with van der Waals surface area (Å²) in [6.07, 6.45) is 5.59. The van der Waals surface area contributed by atoms with Gasteiger partial charge in [-0.15, -0.1) is 0 Å². The number of rotatable bonds is 20. The molecule has 5 N–H and O–H groups in total. The molecule has 0 atom stereocenters. The Hall–Kier alpha value is -6.00. The van der Waals surface area contributed by atoms with Gasteiger partial charge >= 0.3 is 5.69 Å². The number of hydrogen-bond acceptors (Lipinski definition) is 10. The van der Waals surface area contributed by atoms with E-state index in [0.29, 0.717) is 29.8 Å². The fraction of sp³-hybridized carbons (Fsp3) is 0.400. The molecule has 0 aliphatic heterocycles. The largest absolute Gasteiger partial charge is 0.352 e. The fourth-order valence-electron chi connectivity index (χ4n) is 5.82. The standard InChI is InChI=1S/C40H52N10O6/c1-27(51)50(33-16-17-34-35(25-33)46-40(56)45-34)36(52)26-43-47-31-14-12-28(13-15-31)39(55)44-32-23-29(37(53)41-18-8-6-10-20-48(2)3)22-30(24-32)38(54)42-19-9-7-11-21-49(4)5/h12-17,22-25H,6-11,18-21,26H2,1-5H3,(H,41,53)(H,42,54)(H,44,55)(H2,45,46,56). The number of carbonyl (C=O) groups excluding carboxylic acids is 5. The van der Waals surface area contributed by atoms with Crippen LogP contribution in [0.25, 0.3) is 11.0 Å². The lowest BCUT2D eigenvalue weighted by atomic mass is 10.1. The van der Waals surface area contributed by atoms with Crippen LogP contribution in [0, 0.1) is 0 Å². The zero-order valence-electron chi connectivity index (χ0n) is 32.7. The highest BCUT2D eigenvalue weighted by molar-refractivity contribution is 6.15. The van der Waals surface area contributed by atoms with Crippen molar-refractivity contribution < 1.29 is 24.0 Å². The molecule has 0 aliphatic rings. The number of aromatic nitrogens is 2. The smallest absolute Gasteiger partial charge is 0.323 e.